The average molecular weight is 455 g/mol. The van der Waals surface area contributed by atoms with Crippen LogP contribution in [-0.2, 0) is 14.9 Å². The van der Waals surface area contributed by atoms with Crippen molar-refractivity contribution in [2.24, 2.45) is 5.41 Å². The lowest BCUT2D eigenvalue weighted by Gasteiger charge is -2.38. The smallest absolute Gasteiger partial charge is 0.338 e. The maximum atomic E-state index is 13.3. The van der Waals surface area contributed by atoms with E-state index in [1.165, 1.54) is 0 Å². The summed E-state index contributed by atoms with van der Waals surface area (Å²) in [6, 6.07) is 28.4. The molecule has 0 aliphatic heterocycles. The van der Waals surface area contributed by atoms with Gasteiger partial charge in [0.25, 0.3) is 0 Å². The van der Waals surface area contributed by atoms with Gasteiger partial charge in [-0.05, 0) is 49.1 Å². The van der Waals surface area contributed by atoms with Gasteiger partial charge in [0.15, 0.2) is 0 Å². The van der Waals surface area contributed by atoms with Gasteiger partial charge in [-0.1, -0.05) is 86.5 Å². The van der Waals surface area contributed by atoms with Crippen LogP contribution < -0.4 is 0 Å². The van der Waals surface area contributed by atoms with Crippen LogP contribution in [-0.4, -0.2) is 24.1 Å². The van der Waals surface area contributed by atoms with Gasteiger partial charge < -0.3 is 9.47 Å². The molecule has 4 unspecified atom stereocenters. The molecule has 0 aromatic heterocycles. The Morgan fingerprint density at radius 2 is 1.15 bits per heavy atom. The molecule has 3 aromatic rings. The van der Waals surface area contributed by atoms with E-state index in [4.69, 9.17) is 9.47 Å². The summed E-state index contributed by atoms with van der Waals surface area (Å²) in [5, 5.41) is 0. The molecule has 4 heteroatoms. The Kier molecular flexibility index (Phi) is 5.99. The molecule has 2 bridgehead atoms. The highest BCUT2D eigenvalue weighted by Crippen LogP contribution is 2.59. The quantitative estimate of drug-likeness (QED) is 0.421. The van der Waals surface area contributed by atoms with Crippen molar-refractivity contribution in [2.45, 2.75) is 56.7 Å². The van der Waals surface area contributed by atoms with E-state index >= 15 is 0 Å². The number of carbonyl (C=O) groups excluding carboxylic acids is 2. The molecule has 2 saturated carbocycles. The number of hydrogen-bond acceptors (Lipinski definition) is 4. The molecule has 2 aliphatic rings. The topological polar surface area (TPSA) is 52.6 Å². The first-order valence-electron chi connectivity index (χ1n) is 12.1. The number of esters is 2. The maximum Gasteiger partial charge on any atom is 0.338 e. The summed E-state index contributed by atoms with van der Waals surface area (Å²) in [6.45, 7) is 2.19. The normalized spacial score (nSPS) is 28.0. The molecule has 0 amide bonds. The number of benzene rings is 3. The lowest BCUT2D eigenvalue weighted by Crippen LogP contribution is -2.47. The summed E-state index contributed by atoms with van der Waals surface area (Å²) in [4.78, 5) is 26.5. The molecule has 5 rings (SSSR count). The van der Waals surface area contributed by atoms with Gasteiger partial charge in [0.05, 0.1) is 11.1 Å². The zero-order valence-corrected chi connectivity index (χ0v) is 19.5. The van der Waals surface area contributed by atoms with Gasteiger partial charge in [0, 0.05) is 10.8 Å². The molecule has 0 radical (unpaired) electrons. The van der Waals surface area contributed by atoms with Crippen molar-refractivity contribution in [3.8, 4) is 0 Å². The van der Waals surface area contributed by atoms with E-state index in [2.05, 4.69) is 19.1 Å². The van der Waals surface area contributed by atoms with Crippen LogP contribution in [0.25, 0.3) is 0 Å². The largest absolute Gasteiger partial charge is 0.454 e. The standard InChI is InChI=1S/C30H30O4/c1-29-19-11-12-20-30(21-29,24-17-9-4-10-18-24)26(34-28(32)23-15-7-3-8-16-23)25(29)33-27(31)22-13-5-2-6-14-22/h2-10,13-18,25-26H,11-12,19-21H2,1H3. The lowest BCUT2D eigenvalue weighted by molar-refractivity contribution is -0.0696. The molecule has 2 fully saturated rings. The van der Waals surface area contributed by atoms with Crippen molar-refractivity contribution in [3.63, 3.8) is 0 Å². The van der Waals surface area contributed by atoms with Gasteiger partial charge in [-0.15, -0.1) is 0 Å². The van der Waals surface area contributed by atoms with Gasteiger partial charge in [-0.25, -0.2) is 9.59 Å². The molecule has 0 heterocycles. The second-order valence-corrected chi connectivity index (χ2v) is 9.94. The number of rotatable bonds is 5. The van der Waals surface area contributed by atoms with Crippen LogP contribution in [0.4, 0.5) is 0 Å². The molecular formula is C30H30O4. The highest BCUT2D eigenvalue weighted by Gasteiger charge is 2.63. The third kappa shape index (κ3) is 4.02. The van der Waals surface area contributed by atoms with E-state index in [-0.39, 0.29) is 17.4 Å². The van der Waals surface area contributed by atoms with E-state index in [0.717, 1.165) is 37.7 Å². The Morgan fingerprint density at radius 3 is 1.71 bits per heavy atom. The fourth-order valence-corrected chi connectivity index (χ4v) is 6.08. The van der Waals surface area contributed by atoms with E-state index < -0.39 is 17.6 Å². The zero-order valence-electron chi connectivity index (χ0n) is 19.5. The van der Waals surface area contributed by atoms with Gasteiger partial charge >= 0.3 is 11.9 Å². The fourth-order valence-electron chi connectivity index (χ4n) is 6.08. The number of carbonyl (C=O) groups is 2. The van der Waals surface area contributed by atoms with Crippen molar-refractivity contribution in [1.82, 2.24) is 0 Å². The first-order chi connectivity index (χ1) is 16.5. The van der Waals surface area contributed by atoms with Crippen molar-refractivity contribution < 1.29 is 19.1 Å². The van der Waals surface area contributed by atoms with Gasteiger partial charge in [-0.3, -0.25) is 0 Å². The van der Waals surface area contributed by atoms with Crippen LogP contribution in [0.2, 0.25) is 0 Å². The van der Waals surface area contributed by atoms with Crippen LogP contribution >= 0.6 is 0 Å². The minimum atomic E-state index is -0.569. The van der Waals surface area contributed by atoms with E-state index in [9.17, 15) is 9.59 Å². The number of hydrogen-bond donors (Lipinski definition) is 0. The highest BCUT2D eigenvalue weighted by molar-refractivity contribution is 5.90. The molecule has 0 saturated heterocycles. The molecule has 0 N–H and O–H groups in total. The Labute approximate surface area is 200 Å². The number of ether oxygens (including phenoxy) is 2. The predicted molar refractivity (Wildman–Crippen MR) is 131 cm³/mol. The SMILES string of the molecule is CC12CCCCC(c3ccccc3)(C1)C(OC(=O)c1ccccc1)C2OC(=O)c1ccccc1. The summed E-state index contributed by atoms with van der Waals surface area (Å²) in [5.41, 5.74) is 1.46. The summed E-state index contributed by atoms with van der Waals surface area (Å²) < 4.78 is 12.6. The van der Waals surface area contributed by atoms with Crippen LogP contribution in [0, 0.1) is 5.41 Å². The van der Waals surface area contributed by atoms with E-state index in [1.807, 2.05) is 54.6 Å². The predicted octanol–water partition coefficient (Wildman–Crippen LogP) is 6.36. The molecule has 174 valence electrons. The van der Waals surface area contributed by atoms with Crippen LogP contribution in [0.15, 0.2) is 91.0 Å². The summed E-state index contributed by atoms with van der Waals surface area (Å²) in [7, 11) is 0. The Balaban J connectivity index is 1.57. The van der Waals surface area contributed by atoms with Gasteiger partial charge in [0.2, 0.25) is 0 Å². The first kappa shape index (κ1) is 22.4. The Hall–Kier alpha value is -3.40. The second kappa shape index (κ2) is 9.09. The first-order valence-corrected chi connectivity index (χ1v) is 12.1. The van der Waals surface area contributed by atoms with Crippen molar-refractivity contribution >= 4 is 11.9 Å². The fraction of sp³-hybridized carbons (Fsp3) is 0.333. The molecular weight excluding hydrogens is 424 g/mol. The molecule has 0 spiro atoms. The molecule has 3 aromatic carbocycles. The summed E-state index contributed by atoms with van der Waals surface area (Å²) in [6.07, 6.45) is 3.62. The van der Waals surface area contributed by atoms with Crippen molar-refractivity contribution in [1.29, 1.82) is 0 Å². The van der Waals surface area contributed by atoms with Gasteiger partial charge in [0.1, 0.15) is 12.2 Å². The average Bonchev–Trinajstić information content (AvgIpc) is 2.99. The summed E-state index contributed by atoms with van der Waals surface area (Å²) in [5.74, 6) is -0.751. The highest BCUT2D eigenvalue weighted by atomic mass is 16.6. The molecule has 2 aliphatic carbocycles. The third-order valence-electron chi connectivity index (χ3n) is 7.68. The Bertz CT molecular complexity index is 1140. The lowest BCUT2D eigenvalue weighted by atomic mass is 9.73. The second-order valence-electron chi connectivity index (χ2n) is 9.94. The summed E-state index contributed by atoms with van der Waals surface area (Å²) >= 11 is 0. The van der Waals surface area contributed by atoms with Crippen molar-refractivity contribution in [3.05, 3.63) is 108 Å². The molecule has 34 heavy (non-hydrogen) atoms. The molecule has 4 nitrogen and oxygen atoms in total. The van der Waals surface area contributed by atoms with Crippen LogP contribution in [0.5, 0.6) is 0 Å². The van der Waals surface area contributed by atoms with Crippen molar-refractivity contribution in [2.75, 3.05) is 0 Å². The Morgan fingerprint density at radius 1 is 0.676 bits per heavy atom. The molecule has 4 atom stereocenters. The maximum absolute atomic E-state index is 13.3. The van der Waals surface area contributed by atoms with Gasteiger partial charge in [-0.2, -0.15) is 0 Å². The van der Waals surface area contributed by atoms with Crippen LogP contribution in [0.3, 0.4) is 0 Å². The monoisotopic (exact) mass is 454 g/mol. The third-order valence-corrected chi connectivity index (χ3v) is 7.68. The minimum Gasteiger partial charge on any atom is -0.454 e. The van der Waals surface area contributed by atoms with E-state index in [0.29, 0.717) is 11.1 Å². The zero-order chi connectivity index (χ0) is 23.6. The van der Waals surface area contributed by atoms with E-state index in [1.54, 1.807) is 24.3 Å². The minimum absolute atomic E-state index is 0.293. The number of fused-ring (bicyclic) bond motifs is 2. The van der Waals surface area contributed by atoms with Crippen LogP contribution in [0.1, 0.15) is 65.3 Å².